The van der Waals surface area contributed by atoms with E-state index in [9.17, 15) is 5.11 Å². The topological polar surface area (TPSA) is 42.4 Å². The fraction of sp³-hybridized carbons (Fsp3) is 0.357. The van der Waals surface area contributed by atoms with Crippen molar-refractivity contribution >= 4 is 10.9 Å². The summed E-state index contributed by atoms with van der Waals surface area (Å²) in [4.78, 5) is 4.13. The minimum Gasteiger partial charge on any atom is -0.493 e. The van der Waals surface area contributed by atoms with Gasteiger partial charge in [-0.05, 0) is 25.0 Å². The monoisotopic (exact) mass is 231 g/mol. The first-order chi connectivity index (χ1) is 8.24. The van der Waals surface area contributed by atoms with Gasteiger partial charge in [0.1, 0.15) is 11.3 Å². The molecular formula is C14H17NO2. The predicted octanol–water partition coefficient (Wildman–Crippen LogP) is 3.51. The molecule has 0 aliphatic carbocycles. The Bertz CT molecular complexity index is 507. The molecule has 0 saturated carbocycles. The number of pyridine rings is 1. The van der Waals surface area contributed by atoms with E-state index in [2.05, 4.69) is 18.8 Å². The lowest BCUT2D eigenvalue weighted by Gasteiger charge is -2.16. The number of hydrogen-bond donors (Lipinski definition) is 1. The molecule has 17 heavy (non-hydrogen) atoms. The van der Waals surface area contributed by atoms with Crippen LogP contribution in [0.3, 0.4) is 0 Å². The van der Waals surface area contributed by atoms with Crippen LogP contribution >= 0.6 is 0 Å². The summed E-state index contributed by atoms with van der Waals surface area (Å²) in [5.41, 5.74) is 0.722. The zero-order valence-corrected chi connectivity index (χ0v) is 10.2. The van der Waals surface area contributed by atoms with Gasteiger partial charge in [-0.1, -0.05) is 26.0 Å². The molecule has 0 aliphatic rings. The standard InChI is InChI=1S/C14H17NO2/c1-3-11(4-2)17-12-7-5-6-10-8-9-13(16)15-14(10)12/h5-9,11H,3-4H2,1-2H3,(H,15,16). The molecule has 1 N–H and O–H groups in total. The third-order valence-electron chi connectivity index (χ3n) is 2.87. The number of rotatable bonds is 4. The molecule has 0 spiro atoms. The molecule has 0 amide bonds. The molecule has 1 heterocycles. The molecule has 0 atom stereocenters. The van der Waals surface area contributed by atoms with E-state index in [0.717, 1.165) is 29.5 Å². The number of fused-ring (bicyclic) bond motifs is 1. The average molecular weight is 231 g/mol. The van der Waals surface area contributed by atoms with Crippen molar-refractivity contribution in [3.63, 3.8) is 0 Å². The van der Waals surface area contributed by atoms with Crippen molar-refractivity contribution in [1.82, 2.24) is 4.98 Å². The molecule has 90 valence electrons. The summed E-state index contributed by atoms with van der Waals surface area (Å²) < 4.78 is 5.91. The molecular weight excluding hydrogens is 214 g/mol. The van der Waals surface area contributed by atoms with Gasteiger partial charge in [0.2, 0.25) is 5.88 Å². The maximum absolute atomic E-state index is 9.44. The van der Waals surface area contributed by atoms with Gasteiger partial charge in [-0.15, -0.1) is 0 Å². The second-order valence-electron chi connectivity index (χ2n) is 4.05. The molecule has 0 bridgehead atoms. The Balaban J connectivity index is 2.42. The summed E-state index contributed by atoms with van der Waals surface area (Å²) in [6.45, 7) is 4.20. The zero-order chi connectivity index (χ0) is 12.3. The number of hydrogen-bond acceptors (Lipinski definition) is 3. The van der Waals surface area contributed by atoms with Crippen LogP contribution in [-0.2, 0) is 0 Å². The van der Waals surface area contributed by atoms with Crippen LogP contribution in [0.25, 0.3) is 10.9 Å². The van der Waals surface area contributed by atoms with Crippen molar-refractivity contribution < 1.29 is 9.84 Å². The van der Waals surface area contributed by atoms with Gasteiger partial charge in [0.05, 0.1) is 6.10 Å². The van der Waals surface area contributed by atoms with Crippen molar-refractivity contribution in [2.45, 2.75) is 32.8 Å². The van der Waals surface area contributed by atoms with Gasteiger partial charge in [0.25, 0.3) is 0 Å². The summed E-state index contributed by atoms with van der Waals surface area (Å²) in [5.74, 6) is 0.769. The summed E-state index contributed by atoms with van der Waals surface area (Å²) in [6.07, 6.45) is 2.13. The Morgan fingerprint density at radius 2 is 1.94 bits per heavy atom. The number of ether oxygens (including phenoxy) is 1. The second-order valence-corrected chi connectivity index (χ2v) is 4.05. The van der Waals surface area contributed by atoms with Crippen molar-refractivity contribution in [2.24, 2.45) is 0 Å². The highest BCUT2D eigenvalue weighted by Crippen LogP contribution is 2.27. The number of aromatic hydroxyl groups is 1. The van der Waals surface area contributed by atoms with Crippen LogP contribution in [0.2, 0.25) is 0 Å². The van der Waals surface area contributed by atoms with Gasteiger partial charge in [-0.25, -0.2) is 4.98 Å². The van der Waals surface area contributed by atoms with Crippen LogP contribution in [0, 0.1) is 0 Å². The predicted molar refractivity (Wildman–Crippen MR) is 68.4 cm³/mol. The van der Waals surface area contributed by atoms with Crippen LogP contribution in [0.1, 0.15) is 26.7 Å². The largest absolute Gasteiger partial charge is 0.493 e. The van der Waals surface area contributed by atoms with Crippen molar-refractivity contribution in [3.8, 4) is 11.6 Å². The SMILES string of the molecule is CCC(CC)Oc1cccc2ccc(O)nc12. The lowest BCUT2D eigenvalue weighted by molar-refractivity contribution is 0.195. The third kappa shape index (κ3) is 2.49. The molecule has 1 aromatic heterocycles. The quantitative estimate of drug-likeness (QED) is 0.875. The number of aromatic nitrogens is 1. The van der Waals surface area contributed by atoms with Gasteiger partial charge >= 0.3 is 0 Å². The van der Waals surface area contributed by atoms with E-state index in [0.29, 0.717) is 0 Å². The van der Waals surface area contributed by atoms with Gasteiger partial charge in [-0.2, -0.15) is 0 Å². The first-order valence-electron chi connectivity index (χ1n) is 6.00. The third-order valence-corrected chi connectivity index (χ3v) is 2.87. The maximum atomic E-state index is 9.44. The smallest absolute Gasteiger partial charge is 0.211 e. The fourth-order valence-electron chi connectivity index (χ4n) is 1.84. The second kappa shape index (κ2) is 5.04. The Morgan fingerprint density at radius 3 is 2.65 bits per heavy atom. The van der Waals surface area contributed by atoms with E-state index >= 15 is 0 Å². The van der Waals surface area contributed by atoms with Gasteiger partial charge in [0, 0.05) is 11.5 Å². The van der Waals surface area contributed by atoms with E-state index in [-0.39, 0.29) is 12.0 Å². The maximum Gasteiger partial charge on any atom is 0.211 e. The van der Waals surface area contributed by atoms with Crippen LogP contribution in [0.5, 0.6) is 11.6 Å². The highest BCUT2D eigenvalue weighted by atomic mass is 16.5. The minimum absolute atomic E-state index is 0.0260. The van der Waals surface area contributed by atoms with Gasteiger partial charge in [-0.3, -0.25) is 0 Å². The first-order valence-corrected chi connectivity index (χ1v) is 6.00. The lowest BCUT2D eigenvalue weighted by Crippen LogP contribution is -2.13. The van der Waals surface area contributed by atoms with E-state index < -0.39 is 0 Å². The van der Waals surface area contributed by atoms with E-state index in [1.165, 1.54) is 0 Å². The lowest BCUT2D eigenvalue weighted by atomic mass is 10.2. The molecule has 1 aromatic carbocycles. The van der Waals surface area contributed by atoms with Crippen LogP contribution in [-0.4, -0.2) is 16.2 Å². The van der Waals surface area contributed by atoms with Gasteiger partial charge < -0.3 is 9.84 Å². The van der Waals surface area contributed by atoms with Crippen LogP contribution < -0.4 is 4.74 Å². The van der Waals surface area contributed by atoms with Crippen molar-refractivity contribution in [2.75, 3.05) is 0 Å². The Kier molecular flexibility index (Phi) is 3.47. The Labute approximate surface area is 101 Å². The highest BCUT2D eigenvalue weighted by molar-refractivity contribution is 5.84. The number of nitrogens with zero attached hydrogens (tertiary/aromatic N) is 1. The van der Waals surface area contributed by atoms with E-state index in [1.54, 1.807) is 6.07 Å². The molecule has 3 heteroatoms. The summed E-state index contributed by atoms with van der Waals surface area (Å²) in [5, 5.41) is 10.4. The van der Waals surface area contributed by atoms with E-state index in [1.807, 2.05) is 24.3 Å². The zero-order valence-electron chi connectivity index (χ0n) is 10.2. The molecule has 3 nitrogen and oxygen atoms in total. The molecule has 2 aromatic rings. The molecule has 0 saturated heterocycles. The van der Waals surface area contributed by atoms with Crippen molar-refractivity contribution in [1.29, 1.82) is 0 Å². The molecule has 2 rings (SSSR count). The summed E-state index contributed by atoms with van der Waals surface area (Å²) >= 11 is 0. The molecule has 0 aliphatic heterocycles. The molecule has 0 unspecified atom stereocenters. The number of benzene rings is 1. The molecule has 0 radical (unpaired) electrons. The van der Waals surface area contributed by atoms with Gasteiger partial charge in [0.15, 0.2) is 0 Å². The normalized spacial score (nSPS) is 11.0. The number of para-hydroxylation sites is 1. The Morgan fingerprint density at radius 1 is 1.18 bits per heavy atom. The highest BCUT2D eigenvalue weighted by Gasteiger charge is 2.09. The Hall–Kier alpha value is -1.77. The minimum atomic E-state index is 0.0260. The summed E-state index contributed by atoms with van der Waals surface area (Å²) in [6, 6.07) is 9.23. The molecule has 0 fully saturated rings. The fourth-order valence-corrected chi connectivity index (χ4v) is 1.84. The average Bonchev–Trinajstić information content (AvgIpc) is 2.36. The van der Waals surface area contributed by atoms with Crippen molar-refractivity contribution in [3.05, 3.63) is 30.3 Å². The van der Waals surface area contributed by atoms with E-state index in [4.69, 9.17) is 4.74 Å². The first kappa shape index (κ1) is 11.7. The summed E-state index contributed by atoms with van der Waals surface area (Å²) in [7, 11) is 0. The van der Waals surface area contributed by atoms with Crippen LogP contribution in [0.15, 0.2) is 30.3 Å². The van der Waals surface area contributed by atoms with Crippen LogP contribution in [0.4, 0.5) is 0 Å².